The van der Waals surface area contributed by atoms with Crippen LogP contribution in [0.5, 0.6) is 5.75 Å². The van der Waals surface area contributed by atoms with Crippen molar-refractivity contribution >= 4 is 32.7 Å². The average molecular weight is 441 g/mol. The van der Waals surface area contributed by atoms with E-state index in [9.17, 15) is 13.2 Å². The van der Waals surface area contributed by atoms with Crippen LogP contribution in [0.25, 0.3) is 11.0 Å². The number of nitrogens with zero attached hydrogens (tertiary/aromatic N) is 3. The highest BCUT2D eigenvalue weighted by Crippen LogP contribution is 2.30. The highest BCUT2D eigenvalue weighted by Gasteiger charge is 2.32. The summed E-state index contributed by atoms with van der Waals surface area (Å²) in [4.78, 5) is 17.4. The first-order valence-electron chi connectivity index (χ1n) is 10.4. The van der Waals surface area contributed by atoms with Crippen molar-refractivity contribution in [3.8, 4) is 5.75 Å². The molecule has 1 fully saturated rings. The molecule has 1 aromatic heterocycles. The molecule has 1 saturated heterocycles. The van der Waals surface area contributed by atoms with Crippen LogP contribution in [0.1, 0.15) is 18.4 Å². The number of nitrogens with one attached hydrogen (secondary N) is 1. The summed E-state index contributed by atoms with van der Waals surface area (Å²) in [5.41, 5.74) is 3.45. The van der Waals surface area contributed by atoms with Gasteiger partial charge in [0.25, 0.3) is 0 Å². The molecule has 8 nitrogen and oxygen atoms in total. The molecular formula is C22H24N4O4S. The Morgan fingerprint density at radius 3 is 2.77 bits per heavy atom. The molecule has 1 amide bonds. The highest BCUT2D eigenvalue weighted by atomic mass is 32.2. The van der Waals surface area contributed by atoms with Gasteiger partial charge in [-0.15, -0.1) is 0 Å². The van der Waals surface area contributed by atoms with E-state index in [-0.39, 0.29) is 11.8 Å². The van der Waals surface area contributed by atoms with Crippen LogP contribution in [0.4, 0.5) is 5.69 Å². The van der Waals surface area contributed by atoms with Crippen molar-refractivity contribution in [1.29, 1.82) is 0 Å². The third-order valence-corrected chi connectivity index (χ3v) is 8.01. The molecule has 5 rings (SSSR count). The molecule has 0 radical (unpaired) electrons. The number of hydrogen-bond donors (Lipinski definition) is 1. The third kappa shape index (κ3) is 3.68. The zero-order valence-electron chi connectivity index (χ0n) is 17.2. The number of amides is 1. The van der Waals surface area contributed by atoms with Crippen LogP contribution in [0.2, 0.25) is 0 Å². The first-order chi connectivity index (χ1) is 14.9. The van der Waals surface area contributed by atoms with E-state index in [0.717, 1.165) is 28.8 Å². The van der Waals surface area contributed by atoms with E-state index in [0.29, 0.717) is 43.1 Å². The second kappa shape index (κ2) is 7.65. The summed E-state index contributed by atoms with van der Waals surface area (Å²) in [7, 11) is -1.66. The van der Waals surface area contributed by atoms with Gasteiger partial charge >= 0.3 is 0 Å². The molecule has 0 saturated carbocycles. The number of ether oxygens (including phenoxy) is 1. The summed E-state index contributed by atoms with van der Waals surface area (Å²) >= 11 is 0. The average Bonchev–Trinajstić information content (AvgIpc) is 3.39. The fourth-order valence-electron chi connectivity index (χ4n) is 4.29. The summed E-state index contributed by atoms with van der Waals surface area (Å²) in [5.74, 6) is 0.458. The van der Waals surface area contributed by atoms with Gasteiger partial charge in [-0.2, -0.15) is 4.31 Å². The third-order valence-electron chi connectivity index (χ3n) is 6.12. The summed E-state index contributed by atoms with van der Waals surface area (Å²) in [6.45, 7) is 1.24. The number of sulfonamides is 1. The predicted molar refractivity (Wildman–Crippen MR) is 116 cm³/mol. The van der Waals surface area contributed by atoms with Crippen LogP contribution in [-0.4, -0.2) is 47.9 Å². The van der Waals surface area contributed by atoms with Gasteiger partial charge < -0.3 is 14.6 Å². The number of carbonyl (C=O) groups excluding carboxylic acids is 1. The van der Waals surface area contributed by atoms with Gasteiger partial charge in [-0.25, -0.2) is 13.4 Å². The monoisotopic (exact) mass is 440 g/mol. The molecule has 0 spiro atoms. The van der Waals surface area contributed by atoms with Gasteiger partial charge in [0, 0.05) is 38.2 Å². The second-order valence-corrected chi connectivity index (χ2v) is 10.0. The minimum atomic E-state index is -3.58. The van der Waals surface area contributed by atoms with Crippen molar-refractivity contribution in [1.82, 2.24) is 13.9 Å². The topological polar surface area (TPSA) is 93.5 Å². The number of benzene rings is 2. The maximum atomic E-state index is 13.1. The summed E-state index contributed by atoms with van der Waals surface area (Å²) in [6.07, 6.45) is 3.45. The molecule has 3 heterocycles. The molecule has 2 aliphatic heterocycles. The summed E-state index contributed by atoms with van der Waals surface area (Å²) in [6, 6.07) is 10.7. The molecule has 0 atom stereocenters. The van der Waals surface area contributed by atoms with Crippen LogP contribution in [0, 0.1) is 5.92 Å². The Morgan fingerprint density at radius 2 is 1.97 bits per heavy atom. The number of imidazole rings is 1. The van der Waals surface area contributed by atoms with Gasteiger partial charge in [-0.05, 0) is 54.8 Å². The Labute approximate surface area is 180 Å². The number of piperidine rings is 1. The highest BCUT2D eigenvalue weighted by molar-refractivity contribution is 7.89. The van der Waals surface area contributed by atoms with E-state index in [2.05, 4.69) is 10.3 Å². The number of carbonyl (C=O) groups is 1. The normalized spacial score (nSPS) is 17.5. The number of anilines is 1. The minimum absolute atomic E-state index is 0.0815. The maximum absolute atomic E-state index is 13.1. The zero-order chi connectivity index (χ0) is 21.6. The van der Waals surface area contributed by atoms with Crippen molar-refractivity contribution in [2.45, 2.75) is 24.2 Å². The molecule has 0 aliphatic carbocycles. The smallest absolute Gasteiger partial charge is 0.243 e. The number of rotatable bonds is 4. The first-order valence-corrected chi connectivity index (χ1v) is 11.8. The van der Waals surface area contributed by atoms with Gasteiger partial charge in [0.1, 0.15) is 5.75 Å². The minimum Gasteiger partial charge on any atom is -0.493 e. The second-order valence-electron chi connectivity index (χ2n) is 8.09. The van der Waals surface area contributed by atoms with E-state index in [4.69, 9.17) is 4.74 Å². The summed E-state index contributed by atoms with van der Waals surface area (Å²) in [5, 5.41) is 2.96. The van der Waals surface area contributed by atoms with Crippen LogP contribution in [0.15, 0.2) is 47.6 Å². The molecule has 31 heavy (non-hydrogen) atoms. The van der Waals surface area contributed by atoms with Gasteiger partial charge in [0.2, 0.25) is 15.9 Å². The quantitative estimate of drug-likeness (QED) is 0.673. The lowest BCUT2D eigenvalue weighted by Gasteiger charge is -2.30. The number of aryl methyl sites for hydroxylation is 1. The maximum Gasteiger partial charge on any atom is 0.243 e. The van der Waals surface area contributed by atoms with Crippen LogP contribution < -0.4 is 10.1 Å². The van der Waals surface area contributed by atoms with Gasteiger partial charge in [-0.1, -0.05) is 0 Å². The molecule has 3 aromatic rings. The standard InChI is InChI=1S/C22H24N4O4S/c1-25-14-23-19-13-17(2-4-20(19)25)24-22(27)15-6-9-26(10-7-15)31(28,29)18-3-5-21-16(12-18)8-11-30-21/h2-5,12-15H,6-11H2,1H3,(H,24,27). The van der Waals surface area contributed by atoms with E-state index in [1.54, 1.807) is 24.5 Å². The van der Waals surface area contributed by atoms with E-state index >= 15 is 0 Å². The number of aromatic nitrogens is 2. The molecule has 0 bridgehead atoms. The van der Waals surface area contributed by atoms with Crippen molar-refractivity contribution in [2.24, 2.45) is 13.0 Å². The molecule has 1 N–H and O–H groups in total. The number of hydrogen-bond acceptors (Lipinski definition) is 5. The lowest BCUT2D eigenvalue weighted by atomic mass is 9.97. The fourth-order valence-corrected chi connectivity index (χ4v) is 5.81. The van der Waals surface area contributed by atoms with E-state index < -0.39 is 10.0 Å². The Morgan fingerprint density at radius 1 is 1.16 bits per heavy atom. The van der Waals surface area contributed by atoms with Crippen LogP contribution in [-0.2, 0) is 28.3 Å². The Hall–Kier alpha value is -2.91. The SMILES string of the molecule is Cn1cnc2cc(NC(=O)C3CCN(S(=O)(=O)c4ccc5c(c4)CCO5)CC3)ccc21. The predicted octanol–water partition coefficient (Wildman–Crippen LogP) is 2.55. The van der Waals surface area contributed by atoms with Gasteiger partial charge in [0.15, 0.2) is 0 Å². The van der Waals surface area contributed by atoms with E-state index in [1.165, 1.54) is 4.31 Å². The molecule has 2 aliphatic rings. The fraction of sp³-hybridized carbons (Fsp3) is 0.364. The molecule has 9 heteroatoms. The first kappa shape index (κ1) is 20.0. The van der Waals surface area contributed by atoms with Crippen molar-refractivity contribution in [3.05, 3.63) is 48.3 Å². The van der Waals surface area contributed by atoms with Crippen molar-refractivity contribution < 1.29 is 17.9 Å². The molecule has 2 aromatic carbocycles. The Kier molecular flexibility index (Phi) is 4.94. The largest absolute Gasteiger partial charge is 0.493 e. The van der Waals surface area contributed by atoms with Gasteiger partial charge in [0.05, 0.1) is 28.9 Å². The lowest BCUT2D eigenvalue weighted by Crippen LogP contribution is -2.41. The summed E-state index contributed by atoms with van der Waals surface area (Å²) < 4.78 is 35.0. The molecule has 162 valence electrons. The zero-order valence-corrected chi connectivity index (χ0v) is 18.1. The number of fused-ring (bicyclic) bond motifs is 2. The van der Waals surface area contributed by atoms with Crippen LogP contribution in [0.3, 0.4) is 0 Å². The van der Waals surface area contributed by atoms with E-state index in [1.807, 2.05) is 29.8 Å². The Balaban J connectivity index is 1.23. The molecular weight excluding hydrogens is 416 g/mol. The lowest BCUT2D eigenvalue weighted by molar-refractivity contribution is -0.120. The van der Waals surface area contributed by atoms with Crippen LogP contribution >= 0.6 is 0 Å². The molecule has 0 unspecified atom stereocenters. The van der Waals surface area contributed by atoms with Crippen molar-refractivity contribution in [2.75, 3.05) is 25.0 Å². The van der Waals surface area contributed by atoms with Crippen molar-refractivity contribution in [3.63, 3.8) is 0 Å². The Bertz CT molecular complexity index is 1260. The van der Waals surface area contributed by atoms with Gasteiger partial charge in [-0.3, -0.25) is 4.79 Å².